The van der Waals surface area contributed by atoms with Gasteiger partial charge in [-0.1, -0.05) is 6.92 Å². The normalized spacial score (nSPS) is 11.1. The molecule has 0 saturated heterocycles. The lowest BCUT2D eigenvalue weighted by Crippen LogP contribution is -2.10. The number of rotatable bonds is 5. The zero-order valence-corrected chi connectivity index (χ0v) is 12.4. The molecule has 0 aliphatic rings. The number of benzene rings is 1. The summed E-state index contributed by atoms with van der Waals surface area (Å²) in [5, 5.41) is 5.60. The molecule has 0 unspecified atom stereocenters. The molecule has 0 bridgehead atoms. The Morgan fingerprint density at radius 2 is 1.74 bits per heavy atom. The van der Waals surface area contributed by atoms with E-state index in [2.05, 4.69) is 15.6 Å². The van der Waals surface area contributed by atoms with Crippen LogP contribution in [0.15, 0.2) is 42.6 Å². The summed E-state index contributed by atoms with van der Waals surface area (Å²) in [5.74, 6) is 0.385. The molecule has 0 fully saturated rings. The molecule has 2 rings (SSSR count). The lowest BCUT2D eigenvalue weighted by Gasteiger charge is -2.10. The summed E-state index contributed by atoms with van der Waals surface area (Å²) in [5.41, 5.74) is 0.361. The average Bonchev–Trinajstić information content (AvgIpc) is 2.49. The number of pyridine rings is 1. The van der Waals surface area contributed by atoms with Gasteiger partial charge >= 0.3 is 6.18 Å². The lowest BCUT2D eigenvalue weighted by atomic mass is 10.2. The van der Waals surface area contributed by atoms with Crippen LogP contribution in [0.25, 0.3) is 0 Å². The number of hydrogen-bond donors (Lipinski definition) is 2. The first kappa shape index (κ1) is 16.8. The summed E-state index contributed by atoms with van der Waals surface area (Å²) in [4.78, 5) is 15.6. The maximum absolute atomic E-state index is 12.5. The molecule has 23 heavy (non-hydrogen) atoms. The maximum Gasteiger partial charge on any atom is 0.416 e. The topological polar surface area (TPSA) is 54.0 Å². The summed E-state index contributed by atoms with van der Waals surface area (Å²) in [6, 6.07) is 7.98. The van der Waals surface area contributed by atoms with Crippen molar-refractivity contribution in [3.8, 4) is 0 Å². The van der Waals surface area contributed by atoms with Crippen molar-refractivity contribution in [1.29, 1.82) is 0 Å². The quantitative estimate of drug-likeness (QED) is 0.846. The van der Waals surface area contributed by atoms with Gasteiger partial charge in [-0.3, -0.25) is 4.79 Å². The zero-order valence-electron chi connectivity index (χ0n) is 12.4. The van der Waals surface area contributed by atoms with E-state index in [1.807, 2.05) is 6.92 Å². The summed E-state index contributed by atoms with van der Waals surface area (Å²) in [6.45, 7) is 1.91. The van der Waals surface area contributed by atoms with E-state index in [0.29, 0.717) is 23.6 Å². The van der Waals surface area contributed by atoms with Crippen LogP contribution in [0.2, 0.25) is 0 Å². The highest BCUT2D eigenvalue weighted by atomic mass is 19.4. The standard InChI is InChI=1S/C16H16F3N3O/c1-2-3-15(23)22-13-8-9-14(20-10-13)21-12-6-4-11(5-7-12)16(17,18)19/h4-10H,2-3H2,1H3,(H,20,21)(H,22,23). The molecule has 7 heteroatoms. The van der Waals surface area contributed by atoms with Crippen LogP contribution in [0, 0.1) is 0 Å². The molecular formula is C16H16F3N3O. The molecule has 0 saturated carbocycles. The summed E-state index contributed by atoms with van der Waals surface area (Å²) < 4.78 is 37.4. The van der Waals surface area contributed by atoms with Crippen LogP contribution in [0.1, 0.15) is 25.3 Å². The van der Waals surface area contributed by atoms with Crippen molar-refractivity contribution in [2.45, 2.75) is 25.9 Å². The van der Waals surface area contributed by atoms with Gasteiger partial charge in [0, 0.05) is 12.1 Å². The lowest BCUT2D eigenvalue weighted by molar-refractivity contribution is -0.137. The number of nitrogens with zero attached hydrogens (tertiary/aromatic N) is 1. The van der Waals surface area contributed by atoms with Crippen molar-refractivity contribution < 1.29 is 18.0 Å². The minimum atomic E-state index is -4.35. The highest BCUT2D eigenvalue weighted by Crippen LogP contribution is 2.30. The van der Waals surface area contributed by atoms with Gasteiger partial charge in [-0.25, -0.2) is 4.98 Å². The van der Waals surface area contributed by atoms with Crippen molar-refractivity contribution in [2.75, 3.05) is 10.6 Å². The summed E-state index contributed by atoms with van der Waals surface area (Å²) >= 11 is 0. The number of alkyl halides is 3. The van der Waals surface area contributed by atoms with Crippen LogP contribution in [0.4, 0.5) is 30.4 Å². The molecule has 0 spiro atoms. The second kappa shape index (κ2) is 7.13. The number of amides is 1. The van der Waals surface area contributed by atoms with Gasteiger partial charge in [0.15, 0.2) is 0 Å². The SMILES string of the molecule is CCCC(=O)Nc1ccc(Nc2ccc(C(F)(F)F)cc2)nc1. The zero-order chi connectivity index (χ0) is 16.9. The number of halogens is 3. The fraction of sp³-hybridized carbons (Fsp3) is 0.250. The molecule has 1 heterocycles. The molecule has 0 aliphatic heterocycles. The molecule has 1 aromatic heterocycles. The van der Waals surface area contributed by atoms with E-state index >= 15 is 0 Å². The Bertz CT molecular complexity index is 652. The highest BCUT2D eigenvalue weighted by Gasteiger charge is 2.29. The molecular weight excluding hydrogens is 307 g/mol. The molecule has 2 aromatic rings. The molecule has 0 aliphatic carbocycles. The summed E-state index contributed by atoms with van der Waals surface area (Å²) in [7, 11) is 0. The minimum absolute atomic E-state index is 0.0854. The Balaban J connectivity index is 1.99. The van der Waals surface area contributed by atoms with Gasteiger partial charge in [0.1, 0.15) is 5.82 Å². The Hall–Kier alpha value is -2.57. The van der Waals surface area contributed by atoms with Gasteiger partial charge < -0.3 is 10.6 Å². The van der Waals surface area contributed by atoms with Gasteiger partial charge in [0.05, 0.1) is 17.4 Å². The van der Waals surface area contributed by atoms with Crippen LogP contribution in [-0.4, -0.2) is 10.9 Å². The molecule has 4 nitrogen and oxygen atoms in total. The van der Waals surface area contributed by atoms with E-state index in [0.717, 1.165) is 18.6 Å². The fourth-order valence-electron chi connectivity index (χ4n) is 1.88. The van der Waals surface area contributed by atoms with Crippen LogP contribution < -0.4 is 10.6 Å². The van der Waals surface area contributed by atoms with Crippen molar-refractivity contribution in [3.05, 3.63) is 48.2 Å². The predicted molar refractivity (Wildman–Crippen MR) is 82.5 cm³/mol. The largest absolute Gasteiger partial charge is 0.416 e. The Morgan fingerprint density at radius 1 is 1.09 bits per heavy atom. The third kappa shape index (κ3) is 4.98. The van der Waals surface area contributed by atoms with Crippen LogP contribution in [-0.2, 0) is 11.0 Å². The number of anilines is 3. The van der Waals surface area contributed by atoms with Gasteiger partial charge in [0.25, 0.3) is 0 Å². The van der Waals surface area contributed by atoms with E-state index in [9.17, 15) is 18.0 Å². The second-order valence-corrected chi connectivity index (χ2v) is 4.93. The molecule has 1 aromatic carbocycles. The smallest absolute Gasteiger partial charge is 0.340 e. The Morgan fingerprint density at radius 3 is 2.26 bits per heavy atom. The van der Waals surface area contributed by atoms with E-state index < -0.39 is 11.7 Å². The molecule has 122 valence electrons. The van der Waals surface area contributed by atoms with Gasteiger partial charge in [0.2, 0.25) is 5.91 Å². The first-order valence-electron chi connectivity index (χ1n) is 7.08. The Kier molecular flexibility index (Phi) is 5.20. The van der Waals surface area contributed by atoms with Crippen molar-refractivity contribution in [1.82, 2.24) is 4.98 Å². The van der Waals surface area contributed by atoms with E-state index in [-0.39, 0.29) is 5.91 Å². The van der Waals surface area contributed by atoms with Gasteiger partial charge in [-0.15, -0.1) is 0 Å². The van der Waals surface area contributed by atoms with E-state index in [1.54, 1.807) is 12.1 Å². The predicted octanol–water partition coefficient (Wildman–Crippen LogP) is 4.58. The number of carbonyl (C=O) groups excluding carboxylic acids is 1. The van der Waals surface area contributed by atoms with Crippen molar-refractivity contribution >= 4 is 23.1 Å². The maximum atomic E-state index is 12.5. The molecule has 0 radical (unpaired) electrons. The van der Waals surface area contributed by atoms with Crippen LogP contribution in [0.3, 0.4) is 0 Å². The average molecular weight is 323 g/mol. The fourth-order valence-corrected chi connectivity index (χ4v) is 1.88. The number of nitrogens with one attached hydrogen (secondary N) is 2. The number of aromatic nitrogens is 1. The number of hydrogen-bond acceptors (Lipinski definition) is 3. The molecule has 0 atom stereocenters. The van der Waals surface area contributed by atoms with Gasteiger partial charge in [-0.05, 0) is 42.8 Å². The number of carbonyl (C=O) groups is 1. The third-order valence-electron chi connectivity index (χ3n) is 3.01. The highest BCUT2D eigenvalue weighted by molar-refractivity contribution is 5.90. The van der Waals surface area contributed by atoms with E-state index in [4.69, 9.17) is 0 Å². The first-order chi connectivity index (χ1) is 10.9. The Labute approximate surface area is 131 Å². The third-order valence-corrected chi connectivity index (χ3v) is 3.01. The minimum Gasteiger partial charge on any atom is -0.340 e. The van der Waals surface area contributed by atoms with Crippen LogP contribution >= 0.6 is 0 Å². The van der Waals surface area contributed by atoms with E-state index in [1.165, 1.54) is 18.3 Å². The van der Waals surface area contributed by atoms with Crippen LogP contribution in [0.5, 0.6) is 0 Å². The molecule has 2 N–H and O–H groups in total. The monoisotopic (exact) mass is 323 g/mol. The molecule has 1 amide bonds. The first-order valence-corrected chi connectivity index (χ1v) is 7.08. The van der Waals surface area contributed by atoms with Crippen molar-refractivity contribution in [3.63, 3.8) is 0 Å². The second-order valence-electron chi connectivity index (χ2n) is 4.93. The van der Waals surface area contributed by atoms with Crippen molar-refractivity contribution in [2.24, 2.45) is 0 Å². The van der Waals surface area contributed by atoms with Gasteiger partial charge in [-0.2, -0.15) is 13.2 Å². The summed E-state index contributed by atoms with van der Waals surface area (Å²) in [6.07, 6.45) is -1.67.